The van der Waals surface area contributed by atoms with E-state index < -0.39 is 0 Å². The summed E-state index contributed by atoms with van der Waals surface area (Å²) in [6.45, 7) is 0. The van der Waals surface area contributed by atoms with Crippen LogP contribution in [0.5, 0.6) is 0 Å². The molecule has 0 fully saturated rings. The molecule has 4 nitrogen and oxygen atoms in total. The summed E-state index contributed by atoms with van der Waals surface area (Å²) in [5, 5.41) is 2.57. The monoisotopic (exact) mass is 718 g/mol. The van der Waals surface area contributed by atoms with E-state index >= 15 is 0 Å². The largest absolute Gasteiger partial charge is 0.268 e. The molecule has 5 aliphatic rings. The van der Waals surface area contributed by atoms with Crippen molar-refractivity contribution in [3.05, 3.63) is 192 Å². The van der Waals surface area contributed by atoms with Crippen LogP contribution in [0.1, 0.15) is 43.0 Å². The molecule has 0 amide bonds. The van der Waals surface area contributed by atoms with Crippen molar-refractivity contribution in [3.8, 4) is 56.2 Å². The maximum absolute atomic E-state index is 5.26. The van der Waals surface area contributed by atoms with Crippen LogP contribution in [0, 0.1) is 5.92 Å². The van der Waals surface area contributed by atoms with Crippen LogP contribution in [-0.4, -0.2) is 21.2 Å². The van der Waals surface area contributed by atoms with E-state index in [4.69, 9.17) is 15.0 Å². The number of nitrogens with zero attached hydrogens (tertiary/aromatic N) is 4. The van der Waals surface area contributed by atoms with Gasteiger partial charge in [-0.25, -0.2) is 15.0 Å². The number of benzene rings is 5. The molecule has 4 heteroatoms. The lowest BCUT2D eigenvalue weighted by Gasteiger charge is -2.25. The van der Waals surface area contributed by atoms with Crippen molar-refractivity contribution >= 4 is 22.6 Å². The zero-order valence-corrected chi connectivity index (χ0v) is 30.9. The molecule has 0 radical (unpaired) electrons. The Morgan fingerprint density at radius 3 is 2.18 bits per heavy atom. The minimum absolute atomic E-state index is 0.0809. The minimum atomic E-state index is 0.0809. The Labute approximate surface area is 327 Å². The predicted octanol–water partition coefficient (Wildman–Crippen LogP) is 12.8. The highest BCUT2D eigenvalue weighted by molar-refractivity contribution is 6.18. The standard InChI is InChI=1S/C52H38N4/c1-3-12-33(13-4-1)50-54-51(34-14-5-2-6-15-34)56-52(55-50)40-30-38(35-16-9-17-36(28-35)41-21-10-18-37-32-53-27-26-43(37)41)29-39(31-40)42-24-25-48-45-20-8-7-19-44(45)47-23-11-22-46(42)49(47)48/h1-8,10-14,16,19-32,34,37H,9,15,17-18H2. The van der Waals surface area contributed by atoms with Gasteiger partial charge in [0, 0.05) is 35.4 Å². The van der Waals surface area contributed by atoms with Gasteiger partial charge < -0.3 is 0 Å². The summed E-state index contributed by atoms with van der Waals surface area (Å²) in [7, 11) is 0. The van der Waals surface area contributed by atoms with E-state index in [9.17, 15) is 0 Å². The van der Waals surface area contributed by atoms with E-state index in [1.54, 1.807) is 0 Å². The third-order valence-corrected chi connectivity index (χ3v) is 11.8. The Kier molecular flexibility index (Phi) is 7.87. The summed E-state index contributed by atoms with van der Waals surface area (Å²) in [6.07, 6.45) is 28.1. The van der Waals surface area contributed by atoms with Gasteiger partial charge in [-0.1, -0.05) is 134 Å². The molecule has 1 aromatic heterocycles. The van der Waals surface area contributed by atoms with E-state index in [0.717, 1.165) is 53.8 Å². The van der Waals surface area contributed by atoms with E-state index in [2.05, 4.69) is 151 Å². The number of aromatic nitrogens is 3. The molecule has 5 aromatic carbocycles. The Morgan fingerprint density at radius 2 is 1.32 bits per heavy atom. The zero-order valence-electron chi connectivity index (χ0n) is 30.9. The van der Waals surface area contributed by atoms with Crippen molar-refractivity contribution < 1.29 is 0 Å². The highest BCUT2D eigenvalue weighted by atomic mass is 15.0. The number of hydrogen-bond donors (Lipinski definition) is 0. The SMILES string of the molecule is C1=CCC(c2nc(-c3ccccc3)nc(-c3cc(C4=CCCC(C5=C6C=CN=CC6CC=C5)=C4)cc(-c4ccc5c6c(cccc46)-c4ccccc4-5)c3)n2)C=C1. The molecule has 0 saturated heterocycles. The van der Waals surface area contributed by atoms with E-state index in [1.807, 2.05) is 24.4 Å². The van der Waals surface area contributed by atoms with Gasteiger partial charge in [0.25, 0.3) is 0 Å². The molecule has 1 aliphatic heterocycles. The van der Waals surface area contributed by atoms with Gasteiger partial charge in [0.2, 0.25) is 0 Å². The number of hydrogen-bond acceptors (Lipinski definition) is 4. The average molecular weight is 719 g/mol. The Hall–Kier alpha value is -6.78. The van der Waals surface area contributed by atoms with Gasteiger partial charge in [0.1, 0.15) is 5.82 Å². The summed E-state index contributed by atoms with van der Waals surface area (Å²) in [4.78, 5) is 20.0. The van der Waals surface area contributed by atoms with Crippen molar-refractivity contribution in [1.82, 2.24) is 15.0 Å². The summed E-state index contributed by atoms with van der Waals surface area (Å²) in [5.74, 6) is 2.59. The molecular formula is C52H38N4. The van der Waals surface area contributed by atoms with Crippen LogP contribution < -0.4 is 0 Å². The molecule has 6 aromatic rings. The average Bonchev–Trinajstić information content (AvgIpc) is 3.61. The lowest BCUT2D eigenvalue weighted by molar-refractivity contribution is 0.764. The van der Waals surface area contributed by atoms with Gasteiger partial charge >= 0.3 is 0 Å². The molecule has 0 spiro atoms. The lowest BCUT2D eigenvalue weighted by atomic mass is 9.80. The minimum Gasteiger partial charge on any atom is -0.268 e. The Balaban J connectivity index is 1.11. The second kappa shape index (κ2) is 13.5. The Morgan fingerprint density at radius 1 is 0.571 bits per heavy atom. The highest BCUT2D eigenvalue weighted by Crippen LogP contribution is 2.49. The molecule has 0 saturated carbocycles. The second-order valence-corrected chi connectivity index (χ2v) is 15.2. The molecule has 2 heterocycles. The molecular weight excluding hydrogens is 681 g/mol. The molecule has 4 aliphatic carbocycles. The third-order valence-electron chi connectivity index (χ3n) is 11.8. The first-order valence-corrected chi connectivity index (χ1v) is 19.7. The summed E-state index contributed by atoms with van der Waals surface area (Å²) >= 11 is 0. The first kappa shape index (κ1) is 32.6. The quantitative estimate of drug-likeness (QED) is 0.172. The fraction of sp³-hybridized carbons (Fsp3) is 0.115. The van der Waals surface area contributed by atoms with E-state index in [-0.39, 0.29) is 5.92 Å². The van der Waals surface area contributed by atoms with Crippen LogP contribution >= 0.6 is 0 Å². The van der Waals surface area contributed by atoms with Crippen LogP contribution in [0.3, 0.4) is 0 Å². The van der Waals surface area contributed by atoms with E-state index in [0.29, 0.717) is 17.6 Å². The first-order valence-electron chi connectivity index (χ1n) is 19.7. The molecule has 2 atom stereocenters. The van der Waals surface area contributed by atoms with Gasteiger partial charge in [-0.15, -0.1) is 0 Å². The summed E-state index contributed by atoms with van der Waals surface area (Å²) in [6, 6.07) is 37.4. The topological polar surface area (TPSA) is 51.0 Å². The predicted molar refractivity (Wildman–Crippen MR) is 231 cm³/mol. The van der Waals surface area contributed by atoms with Crippen molar-refractivity contribution in [2.24, 2.45) is 10.9 Å². The summed E-state index contributed by atoms with van der Waals surface area (Å²) < 4.78 is 0. The summed E-state index contributed by atoms with van der Waals surface area (Å²) in [5.41, 5.74) is 16.0. The van der Waals surface area contributed by atoms with E-state index in [1.165, 1.54) is 60.9 Å². The Bertz CT molecular complexity index is 2830. The maximum Gasteiger partial charge on any atom is 0.163 e. The molecule has 11 rings (SSSR count). The van der Waals surface area contributed by atoms with Crippen molar-refractivity contribution in [1.29, 1.82) is 0 Å². The van der Waals surface area contributed by atoms with Gasteiger partial charge in [-0.2, -0.15) is 0 Å². The first-order chi connectivity index (χ1) is 27.7. The van der Waals surface area contributed by atoms with Crippen LogP contribution in [-0.2, 0) is 0 Å². The fourth-order valence-electron chi connectivity index (χ4n) is 9.11. The lowest BCUT2D eigenvalue weighted by Crippen LogP contribution is -2.13. The molecule has 0 N–H and O–H groups in total. The van der Waals surface area contributed by atoms with Crippen molar-refractivity contribution in [2.45, 2.75) is 31.6 Å². The molecule has 266 valence electrons. The van der Waals surface area contributed by atoms with Crippen molar-refractivity contribution in [3.63, 3.8) is 0 Å². The van der Waals surface area contributed by atoms with Crippen LogP contribution in [0.15, 0.2) is 186 Å². The van der Waals surface area contributed by atoms with Gasteiger partial charge in [-0.05, 0) is 122 Å². The fourth-order valence-corrected chi connectivity index (χ4v) is 9.11. The molecule has 2 unspecified atom stereocenters. The van der Waals surface area contributed by atoms with Crippen LogP contribution in [0.2, 0.25) is 0 Å². The number of aliphatic imine (C=N–C) groups is 1. The number of fused-ring (bicyclic) bond motifs is 4. The molecule has 0 bridgehead atoms. The highest BCUT2D eigenvalue weighted by Gasteiger charge is 2.25. The van der Waals surface area contributed by atoms with Crippen LogP contribution in [0.25, 0.3) is 72.5 Å². The van der Waals surface area contributed by atoms with Gasteiger partial charge in [-0.3, -0.25) is 4.99 Å². The smallest absolute Gasteiger partial charge is 0.163 e. The number of rotatable bonds is 6. The van der Waals surface area contributed by atoms with Gasteiger partial charge in [0.15, 0.2) is 11.6 Å². The zero-order chi connectivity index (χ0) is 37.0. The normalized spacial score (nSPS) is 18.9. The number of allylic oxidation sites excluding steroid dienone is 13. The van der Waals surface area contributed by atoms with Crippen LogP contribution in [0.4, 0.5) is 0 Å². The third kappa shape index (κ3) is 5.60. The van der Waals surface area contributed by atoms with Gasteiger partial charge in [0.05, 0.1) is 0 Å². The maximum atomic E-state index is 5.26. The van der Waals surface area contributed by atoms with Crippen molar-refractivity contribution in [2.75, 3.05) is 0 Å². The molecule has 56 heavy (non-hydrogen) atoms. The second-order valence-electron chi connectivity index (χ2n) is 15.2.